The van der Waals surface area contributed by atoms with E-state index in [4.69, 9.17) is 4.74 Å². The Morgan fingerprint density at radius 3 is 2.61 bits per heavy atom. The van der Waals surface area contributed by atoms with Gasteiger partial charge in [-0.05, 0) is 49.2 Å². The molecule has 160 valence electrons. The normalized spacial score (nSPS) is 17.0. The Hall–Kier alpha value is -2.89. The summed E-state index contributed by atoms with van der Waals surface area (Å²) in [5.41, 5.74) is 5.13. The maximum Gasteiger partial charge on any atom is 0.128 e. The standard InChI is InChI=1S/C26H30N4O/c1-3-30-24-7-5-4-6-22(24)23-14-20(8-10-25(23)30)15-27-16-21-9-11-26(28-17-21)29-12-13-31-19(2)18-29/h4-11,14,17,19,27H,3,12-13,15-16,18H2,1-2H3. The Kier molecular flexibility index (Phi) is 5.62. The molecule has 1 aliphatic rings. The molecule has 0 aliphatic carbocycles. The average molecular weight is 415 g/mol. The SMILES string of the molecule is CCn1c2ccccc2c2cc(CNCc3ccc(N4CCOC(C)C4)nc3)ccc21. The lowest BCUT2D eigenvalue weighted by atomic mass is 10.1. The molecular weight excluding hydrogens is 384 g/mol. The van der Waals surface area contributed by atoms with Crippen LogP contribution in [0.1, 0.15) is 25.0 Å². The summed E-state index contributed by atoms with van der Waals surface area (Å²) in [7, 11) is 0. The van der Waals surface area contributed by atoms with Gasteiger partial charge in [0.2, 0.25) is 0 Å². The van der Waals surface area contributed by atoms with Crippen molar-refractivity contribution in [3.05, 3.63) is 71.9 Å². The van der Waals surface area contributed by atoms with Gasteiger partial charge in [0.1, 0.15) is 5.82 Å². The molecule has 4 aromatic rings. The number of benzene rings is 2. The molecule has 5 heteroatoms. The van der Waals surface area contributed by atoms with Gasteiger partial charge in [0.25, 0.3) is 0 Å². The third-order valence-electron chi connectivity index (χ3n) is 6.19. The van der Waals surface area contributed by atoms with E-state index in [1.54, 1.807) is 0 Å². The molecule has 1 saturated heterocycles. The maximum atomic E-state index is 5.63. The number of fused-ring (bicyclic) bond motifs is 3. The van der Waals surface area contributed by atoms with Crippen LogP contribution in [-0.2, 0) is 24.4 Å². The van der Waals surface area contributed by atoms with E-state index >= 15 is 0 Å². The second-order valence-corrected chi connectivity index (χ2v) is 8.37. The fourth-order valence-electron chi connectivity index (χ4n) is 4.64. The Balaban J connectivity index is 1.25. The third-order valence-corrected chi connectivity index (χ3v) is 6.19. The quantitative estimate of drug-likeness (QED) is 0.496. The van der Waals surface area contributed by atoms with Crippen LogP contribution in [0.15, 0.2) is 60.8 Å². The lowest BCUT2D eigenvalue weighted by Crippen LogP contribution is -2.41. The van der Waals surface area contributed by atoms with Crippen LogP contribution in [0, 0.1) is 0 Å². The predicted octanol–water partition coefficient (Wildman–Crippen LogP) is 4.72. The third kappa shape index (κ3) is 4.03. The van der Waals surface area contributed by atoms with Gasteiger partial charge in [0.15, 0.2) is 0 Å². The summed E-state index contributed by atoms with van der Waals surface area (Å²) in [6, 6.07) is 19.8. The Bertz CT molecular complexity index is 1180. The topological polar surface area (TPSA) is 42.3 Å². The summed E-state index contributed by atoms with van der Waals surface area (Å²) in [6.45, 7) is 9.53. The van der Waals surface area contributed by atoms with Gasteiger partial charge in [-0.1, -0.05) is 30.3 Å². The molecule has 5 nitrogen and oxygen atoms in total. The maximum absolute atomic E-state index is 5.63. The summed E-state index contributed by atoms with van der Waals surface area (Å²) in [5, 5.41) is 6.24. The molecule has 0 spiro atoms. The van der Waals surface area contributed by atoms with Crippen molar-refractivity contribution in [3.63, 3.8) is 0 Å². The van der Waals surface area contributed by atoms with E-state index in [0.717, 1.165) is 45.1 Å². The van der Waals surface area contributed by atoms with Crippen molar-refractivity contribution < 1.29 is 4.74 Å². The van der Waals surface area contributed by atoms with Gasteiger partial charge in [-0.2, -0.15) is 0 Å². The number of hydrogen-bond acceptors (Lipinski definition) is 4. The monoisotopic (exact) mass is 414 g/mol. The molecule has 0 amide bonds. The molecule has 1 atom stereocenters. The molecule has 2 aromatic carbocycles. The van der Waals surface area contributed by atoms with Crippen LogP contribution < -0.4 is 10.2 Å². The fraction of sp³-hybridized carbons (Fsp3) is 0.346. The van der Waals surface area contributed by atoms with Gasteiger partial charge >= 0.3 is 0 Å². The number of nitrogens with one attached hydrogen (secondary N) is 1. The molecule has 0 radical (unpaired) electrons. The van der Waals surface area contributed by atoms with Gasteiger partial charge in [0.05, 0.1) is 12.7 Å². The van der Waals surface area contributed by atoms with E-state index in [-0.39, 0.29) is 6.10 Å². The number of nitrogens with zero attached hydrogens (tertiary/aromatic N) is 3. The number of rotatable bonds is 6. The van der Waals surface area contributed by atoms with E-state index in [2.05, 4.69) is 88.2 Å². The molecule has 0 bridgehead atoms. The van der Waals surface area contributed by atoms with Crippen molar-refractivity contribution in [2.24, 2.45) is 0 Å². The van der Waals surface area contributed by atoms with E-state index < -0.39 is 0 Å². The summed E-state index contributed by atoms with van der Waals surface area (Å²) in [6.07, 6.45) is 2.25. The molecule has 2 aromatic heterocycles. The molecule has 5 rings (SSSR count). The van der Waals surface area contributed by atoms with Gasteiger partial charge in [-0.25, -0.2) is 4.98 Å². The van der Waals surface area contributed by atoms with Crippen molar-refractivity contribution in [2.75, 3.05) is 24.6 Å². The highest BCUT2D eigenvalue weighted by molar-refractivity contribution is 6.08. The number of aromatic nitrogens is 2. The van der Waals surface area contributed by atoms with Crippen molar-refractivity contribution in [2.45, 2.75) is 39.6 Å². The number of morpholine rings is 1. The number of para-hydroxylation sites is 1. The number of anilines is 1. The second-order valence-electron chi connectivity index (χ2n) is 8.37. The number of ether oxygens (including phenoxy) is 1. The van der Waals surface area contributed by atoms with E-state index in [0.29, 0.717) is 0 Å². The Morgan fingerprint density at radius 2 is 1.81 bits per heavy atom. The molecular formula is C26H30N4O. The molecule has 31 heavy (non-hydrogen) atoms. The summed E-state index contributed by atoms with van der Waals surface area (Å²) < 4.78 is 8.02. The molecule has 3 heterocycles. The van der Waals surface area contributed by atoms with Crippen LogP contribution in [0.3, 0.4) is 0 Å². The van der Waals surface area contributed by atoms with Crippen LogP contribution in [0.25, 0.3) is 21.8 Å². The zero-order chi connectivity index (χ0) is 21.2. The summed E-state index contributed by atoms with van der Waals surface area (Å²) in [5.74, 6) is 1.04. The first kappa shape index (κ1) is 20.0. The highest BCUT2D eigenvalue weighted by Gasteiger charge is 2.17. The molecule has 1 aliphatic heterocycles. The van der Waals surface area contributed by atoms with Crippen LogP contribution in [-0.4, -0.2) is 35.4 Å². The molecule has 1 fully saturated rings. The smallest absolute Gasteiger partial charge is 0.128 e. The van der Waals surface area contributed by atoms with Crippen molar-refractivity contribution >= 4 is 27.6 Å². The minimum Gasteiger partial charge on any atom is -0.375 e. The fourth-order valence-corrected chi connectivity index (χ4v) is 4.64. The van der Waals surface area contributed by atoms with E-state index in [1.165, 1.54) is 32.9 Å². The van der Waals surface area contributed by atoms with E-state index in [1.807, 2.05) is 6.20 Å². The first-order valence-corrected chi connectivity index (χ1v) is 11.2. The highest BCUT2D eigenvalue weighted by atomic mass is 16.5. The zero-order valence-electron chi connectivity index (χ0n) is 18.3. The van der Waals surface area contributed by atoms with Gasteiger partial charge in [0, 0.05) is 60.7 Å². The van der Waals surface area contributed by atoms with Crippen LogP contribution >= 0.6 is 0 Å². The molecule has 1 unspecified atom stereocenters. The van der Waals surface area contributed by atoms with Gasteiger partial charge in [-0.3, -0.25) is 0 Å². The highest BCUT2D eigenvalue weighted by Crippen LogP contribution is 2.29. The van der Waals surface area contributed by atoms with Crippen LogP contribution in [0.2, 0.25) is 0 Å². The minimum atomic E-state index is 0.264. The van der Waals surface area contributed by atoms with E-state index in [9.17, 15) is 0 Å². The Labute approximate surface area is 183 Å². The first-order valence-electron chi connectivity index (χ1n) is 11.2. The van der Waals surface area contributed by atoms with Crippen molar-refractivity contribution in [1.29, 1.82) is 0 Å². The van der Waals surface area contributed by atoms with Crippen molar-refractivity contribution in [1.82, 2.24) is 14.9 Å². The lowest BCUT2D eigenvalue weighted by molar-refractivity contribution is 0.0529. The number of aryl methyl sites for hydroxylation is 1. The van der Waals surface area contributed by atoms with Crippen LogP contribution in [0.4, 0.5) is 5.82 Å². The number of pyridine rings is 1. The summed E-state index contributed by atoms with van der Waals surface area (Å²) in [4.78, 5) is 6.98. The summed E-state index contributed by atoms with van der Waals surface area (Å²) >= 11 is 0. The minimum absolute atomic E-state index is 0.264. The predicted molar refractivity (Wildman–Crippen MR) is 128 cm³/mol. The number of hydrogen-bond donors (Lipinski definition) is 1. The second kappa shape index (κ2) is 8.69. The van der Waals surface area contributed by atoms with Crippen molar-refractivity contribution in [3.8, 4) is 0 Å². The largest absolute Gasteiger partial charge is 0.375 e. The average Bonchev–Trinajstić information content (AvgIpc) is 3.12. The Morgan fingerprint density at radius 1 is 1.00 bits per heavy atom. The lowest BCUT2D eigenvalue weighted by Gasteiger charge is -2.32. The zero-order valence-corrected chi connectivity index (χ0v) is 18.3. The van der Waals surface area contributed by atoms with Gasteiger partial charge < -0.3 is 19.5 Å². The van der Waals surface area contributed by atoms with Gasteiger partial charge in [-0.15, -0.1) is 0 Å². The van der Waals surface area contributed by atoms with Crippen LogP contribution in [0.5, 0.6) is 0 Å². The first-order chi connectivity index (χ1) is 15.2. The molecule has 0 saturated carbocycles. The molecule has 1 N–H and O–H groups in total.